The first-order chi connectivity index (χ1) is 9.20. The molecule has 1 aromatic carbocycles. The van der Waals surface area contributed by atoms with Gasteiger partial charge in [-0.25, -0.2) is 4.98 Å². The van der Waals surface area contributed by atoms with Crippen LogP contribution in [0.5, 0.6) is 0 Å². The van der Waals surface area contributed by atoms with E-state index in [1.807, 2.05) is 11.3 Å². The molecule has 1 N–H and O–H groups in total. The molecule has 0 atom stereocenters. The van der Waals surface area contributed by atoms with Crippen LogP contribution in [0.1, 0.15) is 28.0 Å². The topological polar surface area (TPSA) is 28.7 Å². The number of hydrogen-bond acceptors (Lipinski definition) is 2. The van der Waals surface area contributed by atoms with Crippen LogP contribution in [0.25, 0.3) is 21.7 Å². The van der Waals surface area contributed by atoms with E-state index in [4.69, 9.17) is 4.98 Å². The molecule has 3 aromatic rings. The number of aromatic nitrogens is 2. The lowest BCUT2D eigenvalue weighted by atomic mass is 10.1. The van der Waals surface area contributed by atoms with Gasteiger partial charge in [0.15, 0.2) is 0 Å². The lowest BCUT2D eigenvalue weighted by Gasteiger charge is -1.96. The van der Waals surface area contributed by atoms with Crippen LogP contribution in [0, 0.1) is 13.8 Å². The van der Waals surface area contributed by atoms with Crippen LogP contribution < -0.4 is 0 Å². The largest absolute Gasteiger partial charge is 0.337 e. The van der Waals surface area contributed by atoms with Crippen molar-refractivity contribution in [3.63, 3.8) is 0 Å². The molecular formula is C16H16N2S. The zero-order valence-corrected chi connectivity index (χ0v) is 12.0. The van der Waals surface area contributed by atoms with Gasteiger partial charge in [0.2, 0.25) is 0 Å². The molecule has 0 saturated carbocycles. The molecular weight excluding hydrogens is 252 g/mol. The molecule has 96 valence electrons. The quantitative estimate of drug-likeness (QED) is 0.696. The first-order valence-corrected chi connectivity index (χ1v) is 7.61. The van der Waals surface area contributed by atoms with Gasteiger partial charge < -0.3 is 4.98 Å². The number of thiophene rings is 1. The predicted octanol–water partition coefficient (Wildman–Crippen LogP) is 4.40. The van der Waals surface area contributed by atoms with Gasteiger partial charge in [-0.1, -0.05) is 6.07 Å². The molecule has 0 spiro atoms. The first-order valence-electron chi connectivity index (χ1n) is 6.79. The number of imidazole rings is 1. The highest BCUT2D eigenvalue weighted by molar-refractivity contribution is 7.15. The number of aromatic amines is 1. The zero-order valence-electron chi connectivity index (χ0n) is 11.2. The molecule has 2 heterocycles. The second-order valence-corrected chi connectivity index (χ2v) is 6.61. The van der Waals surface area contributed by atoms with Gasteiger partial charge in [0, 0.05) is 4.88 Å². The van der Waals surface area contributed by atoms with Crippen LogP contribution in [0.3, 0.4) is 0 Å². The summed E-state index contributed by atoms with van der Waals surface area (Å²) >= 11 is 1.91. The van der Waals surface area contributed by atoms with Gasteiger partial charge in [-0.2, -0.15) is 0 Å². The van der Waals surface area contributed by atoms with E-state index in [1.54, 1.807) is 4.88 Å². The summed E-state index contributed by atoms with van der Waals surface area (Å²) < 4.78 is 0. The first kappa shape index (κ1) is 11.2. The van der Waals surface area contributed by atoms with Crippen molar-refractivity contribution in [2.24, 2.45) is 0 Å². The lowest BCUT2D eigenvalue weighted by Crippen LogP contribution is -1.79. The second kappa shape index (κ2) is 3.94. The summed E-state index contributed by atoms with van der Waals surface area (Å²) in [6, 6.07) is 6.70. The highest BCUT2D eigenvalue weighted by Gasteiger charge is 2.17. The molecule has 0 bridgehead atoms. The number of nitrogens with zero attached hydrogens (tertiary/aromatic N) is 1. The molecule has 4 rings (SSSR count). The minimum atomic E-state index is 1.03. The van der Waals surface area contributed by atoms with Gasteiger partial charge in [0.25, 0.3) is 0 Å². The summed E-state index contributed by atoms with van der Waals surface area (Å²) in [6.07, 6.45) is 3.81. The summed E-state index contributed by atoms with van der Waals surface area (Å²) in [5.41, 5.74) is 6.33. The molecule has 2 nitrogen and oxygen atoms in total. The third-order valence-electron chi connectivity index (χ3n) is 3.90. The standard InChI is InChI=1S/C16H16N2S/c1-9-6-10(2)15-12(7-9)17-16(18-15)14-8-11-4-3-5-13(11)19-14/h6-8H,3-5H2,1-2H3,(H,17,18). The van der Waals surface area contributed by atoms with Crippen LogP contribution in [-0.4, -0.2) is 9.97 Å². The number of rotatable bonds is 1. The Labute approximate surface area is 116 Å². The van der Waals surface area contributed by atoms with Gasteiger partial charge in [0.05, 0.1) is 15.9 Å². The molecule has 19 heavy (non-hydrogen) atoms. The Morgan fingerprint density at radius 3 is 2.89 bits per heavy atom. The van der Waals surface area contributed by atoms with Crippen LogP contribution in [0.15, 0.2) is 18.2 Å². The minimum absolute atomic E-state index is 1.03. The van der Waals surface area contributed by atoms with Crippen molar-refractivity contribution < 1.29 is 0 Å². The van der Waals surface area contributed by atoms with Crippen LogP contribution >= 0.6 is 11.3 Å². The molecule has 3 heteroatoms. The summed E-state index contributed by atoms with van der Waals surface area (Å²) in [5.74, 6) is 1.03. The van der Waals surface area contributed by atoms with Crippen LogP contribution in [-0.2, 0) is 12.8 Å². The highest BCUT2D eigenvalue weighted by atomic mass is 32.1. The Kier molecular flexibility index (Phi) is 2.33. The fraction of sp³-hybridized carbons (Fsp3) is 0.312. The Balaban J connectivity index is 1.88. The summed E-state index contributed by atoms with van der Waals surface area (Å²) in [5, 5.41) is 0. The van der Waals surface area contributed by atoms with E-state index in [0.717, 1.165) is 16.9 Å². The molecule has 0 radical (unpaired) electrons. The molecule has 0 saturated heterocycles. The number of H-pyrrole nitrogens is 1. The fourth-order valence-corrected chi connectivity index (χ4v) is 4.23. The smallest absolute Gasteiger partial charge is 0.148 e. The zero-order chi connectivity index (χ0) is 13.0. The Bertz CT molecular complexity index is 758. The third-order valence-corrected chi connectivity index (χ3v) is 5.15. The molecule has 0 unspecified atom stereocenters. The van der Waals surface area contributed by atoms with E-state index in [0.29, 0.717) is 0 Å². The van der Waals surface area contributed by atoms with E-state index in [1.165, 1.54) is 40.8 Å². The lowest BCUT2D eigenvalue weighted by molar-refractivity contribution is 0.915. The average molecular weight is 268 g/mol. The van der Waals surface area contributed by atoms with Gasteiger partial charge >= 0.3 is 0 Å². The Hall–Kier alpha value is -1.61. The maximum atomic E-state index is 4.79. The number of hydrogen-bond donors (Lipinski definition) is 1. The van der Waals surface area contributed by atoms with Crippen molar-refractivity contribution in [3.05, 3.63) is 39.8 Å². The predicted molar refractivity (Wildman–Crippen MR) is 80.9 cm³/mol. The molecule has 1 aliphatic carbocycles. The van der Waals surface area contributed by atoms with Crippen molar-refractivity contribution in [1.82, 2.24) is 9.97 Å². The summed E-state index contributed by atoms with van der Waals surface area (Å²) in [7, 11) is 0. The second-order valence-electron chi connectivity index (χ2n) is 5.48. The third kappa shape index (κ3) is 1.72. The van der Waals surface area contributed by atoms with Gasteiger partial charge in [-0.3, -0.25) is 0 Å². The fourth-order valence-electron chi connectivity index (χ4n) is 3.03. The monoisotopic (exact) mass is 268 g/mol. The molecule has 2 aromatic heterocycles. The van der Waals surface area contributed by atoms with Crippen molar-refractivity contribution >= 4 is 22.4 Å². The SMILES string of the molecule is Cc1cc(C)c2nc(-c3cc4c(s3)CCC4)[nH]c2c1. The number of aryl methyl sites for hydroxylation is 4. The maximum Gasteiger partial charge on any atom is 0.148 e. The number of benzene rings is 1. The van der Waals surface area contributed by atoms with Crippen molar-refractivity contribution in [2.75, 3.05) is 0 Å². The van der Waals surface area contributed by atoms with Crippen molar-refractivity contribution in [1.29, 1.82) is 0 Å². The molecule has 0 fully saturated rings. The van der Waals surface area contributed by atoms with Gasteiger partial charge in [-0.05, 0) is 61.9 Å². The van der Waals surface area contributed by atoms with E-state index in [2.05, 4.69) is 37.0 Å². The number of fused-ring (bicyclic) bond motifs is 2. The molecule has 0 aliphatic heterocycles. The van der Waals surface area contributed by atoms with E-state index in [-0.39, 0.29) is 0 Å². The van der Waals surface area contributed by atoms with Crippen LogP contribution in [0.2, 0.25) is 0 Å². The molecule has 1 aliphatic rings. The summed E-state index contributed by atoms with van der Waals surface area (Å²) in [4.78, 5) is 11.1. The summed E-state index contributed by atoms with van der Waals surface area (Å²) in [6.45, 7) is 4.26. The van der Waals surface area contributed by atoms with Crippen molar-refractivity contribution in [3.8, 4) is 10.7 Å². The molecule has 0 amide bonds. The Morgan fingerprint density at radius 1 is 1.16 bits per heavy atom. The van der Waals surface area contributed by atoms with Gasteiger partial charge in [-0.15, -0.1) is 11.3 Å². The Morgan fingerprint density at radius 2 is 2.05 bits per heavy atom. The maximum absolute atomic E-state index is 4.79. The highest BCUT2D eigenvalue weighted by Crippen LogP contribution is 2.36. The minimum Gasteiger partial charge on any atom is -0.337 e. The normalized spacial score (nSPS) is 14.2. The van der Waals surface area contributed by atoms with E-state index >= 15 is 0 Å². The van der Waals surface area contributed by atoms with Gasteiger partial charge in [0.1, 0.15) is 5.82 Å². The van der Waals surface area contributed by atoms with Crippen molar-refractivity contribution in [2.45, 2.75) is 33.1 Å². The van der Waals surface area contributed by atoms with Crippen LogP contribution in [0.4, 0.5) is 0 Å². The average Bonchev–Trinajstić information content (AvgIpc) is 2.98. The van der Waals surface area contributed by atoms with E-state index < -0.39 is 0 Å². The number of nitrogens with one attached hydrogen (secondary N) is 1. The van der Waals surface area contributed by atoms with E-state index in [9.17, 15) is 0 Å².